The molecule has 0 radical (unpaired) electrons. The molecule has 1 saturated heterocycles. The van der Waals surface area contributed by atoms with E-state index in [4.69, 9.17) is 0 Å². The molecule has 1 N–H and O–H groups in total. The number of aromatic nitrogens is 1. The first kappa shape index (κ1) is 16.8. The molecule has 6 heteroatoms. The minimum atomic E-state index is 0.183. The molecule has 21 heavy (non-hydrogen) atoms. The van der Waals surface area contributed by atoms with Crippen molar-refractivity contribution in [3.05, 3.63) is 16.1 Å². The summed E-state index contributed by atoms with van der Waals surface area (Å²) in [6.07, 6.45) is 3.99. The first-order chi connectivity index (χ1) is 10.1. The van der Waals surface area contributed by atoms with E-state index < -0.39 is 0 Å². The van der Waals surface area contributed by atoms with E-state index in [2.05, 4.69) is 33.8 Å². The number of hydrogen-bond donors (Lipinski definition) is 1. The number of carbonyl (C=O) groups is 1. The molecule has 1 atom stereocenters. The Balaban J connectivity index is 1.73. The third-order valence-corrected chi connectivity index (χ3v) is 5.47. The molecule has 0 aliphatic carbocycles. The third-order valence-electron chi connectivity index (χ3n) is 3.82. The second kappa shape index (κ2) is 8.15. The van der Waals surface area contributed by atoms with Crippen molar-refractivity contribution in [2.75, 3.05) is 25.1 Å². The van der Waals surface area contributed by atoms with Gasteiger partial charge in [0.2, 0.25) is 5.91 Å². The Hall–Kier alpha value is -0.590. The fraction of sp³-hybridized carbons (Fsp3) is 0.733. The average molecular weight is 328 g/mol. The predicted octanol–water partition coefficient (Wildman–Crippen LogP) is 2.53. The van der Waals surface area contributed by atoms with Gasteiger partial charge in [-0.3, -0.25) is 9.69 Å². The molecule has 1 amide bonds. The van der Waals surface area contributed by atoms with Gasteiger partial charge in [-0.1, -0.05) is 0 Å². The van der Waals surface area contributed by atoms with Crippen LogP contribution < -0.4 is 5.32 Å². The molecule has 0 bridgehead atoms. The fourth-order valence-corrected chi connectivity index (χ4v) is 3.90. The van der Waals surface area contributed by atoms with Gasteiger partial charge >= 0.3 is 0 Å². The molecular weight excluding hydrogens is 302 g/mol. The standard InChI is InChI=1S/C15H25N3OS2/c1-11(9-20-3)16-15(19)13-4-6-18(7-5-13)8-14-10-21-12(2)17-14/h10-11,13H,4-9H2,1-3H3,(H,16,19)/t11-/m0/s1. The molecular formula is C15H25N3OS2. The number of hydrogen-bond acceptors (Lipinski definition) is 5. The smallest absolute Gasteiger partial charge is 0.223 e. The van der Waals surface area contributed by atoms with Crippen molar-refractivity contribution in [2.45, 2.75) is 39.3 Å². The van der Waals surface area contributed by atoms with E-state index in [9.17, 15) is 4.79 Å². The van der Waals surface area contributed by atoms with E-state index >= 15 is 0 Å². The summed E-state index contributed by atoms with van der Waals surface area (Å²) in [6, 6.07) is 0.267. The van der Waals surface area contributed by atoms with Crippen LogP contribution in [-0.2, 0) is 11.3 Å². The van der Waals surface area contributed by atoms with Crippen LogP contribution in [-0.4, -0.2) is 46.9 Å². The van der Waals surface area contributed by atoms with Gasteiger partial charge in [0.05, 0.1) is 10.7 Å². The van der Waals surface area contributed by atoms with Crippen molar-refractivity contribution in [3.63, 3.8) is 0 Å². The number of piperidine rings is 1. The monoisotopic (exact) mass is 327 g/mol. The fourth-order valence-electron chi connectivity index (χ4n) is 2.72. The Morgan fingerprint density at radius 3 is 2.86 bits per heavy atom. The summed E-state index contributed by atoms with van der Waals surface area (Å²) < 4.78 is 0. The summed E-state index contributed by atoms with van der Waals surface area (Å²) in [5, 5.41) is 6.39. The Kier molecular flexibility index (Phi) is 6.51. The summed E-state index contributed by atoms with van der Waals surface area (Å²) in [5.41, 5.74) is 1.16. The van der Waals surface area contributed by atoms with Gasteiger partial charge in [-0.25, -0.2) is 4.98 Å². The summed E-state index contributed by atoms with van der Waals surface area (Å²) in [4.78, 5) is 19.1. The zero-order valence-electron chi connectivity index (χ0n) is 13.1. The largest absolute Gasteiger partial charge is 0.353 e. The molecule has 2 heterocycles. The Labute approximate surface area is 135 Å². The van der Waals surface area contributed by atoms with Gasteiger partial charge in [0.1, 0.15) is 0 Å². The Morgan fingerprint density at radius 2 is 2.29 bits per heavy atom. The highest BCUT2D eigenvalue weighted by Crippen LogP contribution is 2.20. The number of amides is 1. The number of nitrogens with zero attached hydrogens (tertiary/aromatic N) is 2. The molecule has 2 rings (SSSR count). The molecule has 4 nitrogen and oxygen atoms in total. The highest BCUT2D eigenvalue weighted by Gasteiger charge is 2.25. The molecule has 0 aromatic carbocycles. The van der Waals surface area contributed by atoms with Gasteiger partial charge in [0.25, 0.3) is 0 Å². The van der Waals surface area contributed by atoms with Gasteiger partial charge in [-0.2, -0.15) is 11.8 Å². The van der Waals surface area contributed by atoms with Crippen LogP contribution in [0.15, 0.2) is 5.38 Å². The van der Waals surface area contributed by atoms with Gasteiger partial charge in [0.15, 0.2) is 0 Å². The van der Waals surface area contributed by atoms with Gasteiger partial charge in [0, 0.05) is 29.6 Å². The van der Waals surface area contributed by atoms with E-state index in [0.717, 1.165) is 48.9 Å². The maximum absolute atomic E-state index is 12.2. The van der Waals surface area contributed by atoms with Crippen LogP contribution in [0.4, 0.5) is 0 Å². The highest BCUT2D eigenvalue weighted by molar-refractivity contribution is 7.98. The molecule has 1 aliphatic rings. The topological polar surface area (TPSA) is 45.2 Å². The number of aryl methyl sites for hydroxylation is 1. The van der Waals surface area contributed by atoms with E-state index in [1.165, 1.54) is 0 Å². The van der Waals surface area contributed by atoms with Crippen LogP contribution in [0.1, 0.15) is 30.5 Å². The molecule has 0 unspecified atom stereocenters. The quantitative estimate of drug-likeness (QED) is 0.872. The molecule has 118 valence electrons. The van der Waals surface area contributed by atoms with Crippen molar-refractivity contribution in [3.8, 4) is 0 Å². The Bertz CT molecular complexity index is 456. The number of carbonyl (C=O) groups excluding carboxylic acids is 1. The zero-order chi connectivity index (χ0) is 15.2. The Morgan fingerprint density at radius 1 is 1.57 bits per heavy atom. The van der Waals surface area contributed by atoms with Crippen LogP contribution in [0, 0.1) is 12.8 Å². The maximum atomic E-state index is 12.2. The van der Waals surface area contributed by atoms with Crippen molar-refractivity contribution in [1.29, 1.82) is 0 Å². The first-order valence-electron chi connectivity index (χ1n) is 7.51. The number of thiazole rings is 1. The molecule has 1 aromatic rings. The summed E-state index contributed by atoms with van der Waals surface area (Å²) in [7, 11) is 0. The third kappa shape index (κ3) is 5.27. The number of likely N-dealkylation sites (tertiary alicyclic amines) is 1. The van der Waals surface area contributed by atoms with E-state index in [1.54, 1.807) is 23.1 Å². The van der Waals surface area contributed by atoms with E-state index in [1.807, 2.05) is 6.92 Å². The first-order valence-corrected chi connectivity index (χ1v) is 9.78. The van der Waals surface area contributed by atoms with Crippen molar-refractivity contribution < 1.29 is 4.79 Å². The van der Waals surface area contributed by atoms with Crippen LogP contribution in [0.2, 0.25) is 0 Å². The summed E-state index contributed by atoms with van der Waals surface area (Å²) in [5.74, 6) is 1.40. The lowest BCUT2D eigenvalue weighted by Crippen LogP contribution is -2.43. The number of nitrogens with one attached hydrogen (secondary N) is 1. The summed E-state index contributed by atoms with van der Waals surface area (Å²) in [6.45, 7) is 7.02. The zero-order valence-corrected chi connectivity index (χ0v) is 14.7. The van der Waals surface area contributed by atoms with Crippen molar-refractivity contribution in [1.82, 2.24) is 15.2 Å². The van der Waals surface area contributed by atoms with E-state index in [0.29, 0.717) is 0 Å². The lowest BCUT2D eigenvalue weighted by Gasteiger charge is -2.31. The number of rotatable bonds is 6. The predicted molar refractivity (Wildman–Crippen MR) is 90.8 cm³/mol. The van der Waals surface area contributed by atoms with Gasteiger partial charge < -0.3 is 5.32 Å². The van der Waals surface area contributed by atoms with Crippen LogP contribution >= 0.6 is 23.1 Å². The highest BCUT2D eigenvalue weighted by atomic mass is 32.2. The molecule has 0 spiro atoms. The lowest BCUT2D eigenvalue weighted by molar-refractivity contribution is -0.126. The van der Waals surface area contributed by atoms with Crippen molar-refractivity contribution in [2.24, 2.45) is 5.92 Å². The minimum Gasteiger partial charge on any atom is -0.353 e. The van der Waals surface area contributed by atoms with Crippen LogP contribution in [0.25, 0.3) is 0 Å². The second-order valence-electron chi connectivity index (χ2n) is 5.77. The average Bonchev–Trinajstić information content (AvgIpc) is 2.85. The van der Waals surface area contributed by atoms with Gasteiger partial charge in [-0.05, 0) is 46.0 Å². The molecule has 1 fully saturated rings. The molecule has 1 aliphatic heterocycles. The van der Waals surface area contributed by atoms with Gasteiger partial charge in [-0.15, -0.1) is 11.3 Å². The molecule has 1 aromatic heterocycles. The minimum absolute atomic E-state index is 0.183. The van der Waals surface area contributed by atoms with Crippen LogP contribution in [0.5, 0.6) is 0 Å². The number of thioether (sulfide) groups is 1. The lowest BCUT2D eigenvalue weighted by atomic mass is 9.95. The van der Waals surface area contributed by atoms with E-state index in [-0.39, 0.29) is 17.9 Å². The SMILES string of the molecule is CSC[C@H](C)NC(=O)C1CCN(Cc2csc(C)n2)CC1. The normalized spacial score (nSPS) is 18.6. The van der Waals surface area contributed by atoms with Crippen molar-refractivity contribution >= 4 is 29.0 Å². The molecule has 0 saturated carbocycles. The summed E-state index contributed by atoms with van der Waals surface area (Å²) >= 11 is 3.48. The maximum Gasteiger partial charge on any atom is 0.223 e. The second-order valence-corrected chi connectivity index (χ2v) is 7.75. The van der Waals surface area contributed by atoms with Crippen LogP contribution in [0.3, 0.4) is 0 Å².